The van der Waals surface area contributed by atoms with E-state index in [9.17, 15) is 9.59 Å². The van der Waals surface area contributed by atoms with E-state index in [4.69, 9.17) is 9.72 Å². The molecule has 40 heavy (non-hydrogen) atoms. The van der Waals surface area contributed by atoms with Crippen LogP contribution in [0.3, 0.4) is 0 Å². The van der Waals surface area contributed by atoms with E-state index >= 15 is 0 Å². The molecule has 0 saturated carbocycles. The summed E-state index contributed by atoms with van der Waals surface area (Å²) in [6, 6.07) is 22.1. The summed E-state index contributed by atoms with van der Waals surface area (Å²) in [6.07, 6.45) is 2.02. The number of carbonyl (C=O) groups is 2. The Morgan fingerprint density at radius 1 is 0.975 bits per heavy atom. The number of aromatic nitrogens is 2. The molecule has 0 radical (unpaired) electrons. The van der Waals surface area contributed by atoms with Crippen LogP contribution in [-0.4, -0.2) is 41.2 Å². The van der Waals surface area contributed by atoms with Gasteiger partial charge in [-0.15, -0.1) is 0 Å². The first-order valence-corrected chi connectivity index (χ1v) is 14.3. The maximum Gasteiger partial charge on any atom is 0.248 e. The second-order valence-electron chi connectivity index (χ2n) is 10.3. The highest BCUT2D eigenvalue weighted by Crippen LogP contribution is 2.35. The minimum absolute atomic E-state index is 0.0700. The molecule has 3 aromatic carbocycles. The van der Waals surface area contributed by atoms with E-state index in [0.717, 1.165) is 57.8 Å². The van der Waals surface area contributed by atoms with Crippen molar-refractivity contribution in [2.24, 2.45) is 0 Å². The van der Waals surface area contributed by atoms with Gasteiger partial charge in [0.2, 0.25) is 11.8 Å². The lowest BCUT2D eigenvalue weighted by molar-refractivity contribution is -0.120. The summed E-state index contributed by atoms with van der Waals surface area (Å²) in [7, 11) is 0. The van der Waals surface area contributed by atoms with Crippen LogP contribution in [0.25, 0.3) is 11.0 Å². The van der Waals surface area contributed by atoms with Gasteiger partial charge in [-0.25, -0.2) is 4.98 Å². The molecule has 2 heterocycles. The van der Waals surface area contributed by atoms with Crippen molar-refractivity contribution in [2.75, 3.05) is 29.7 Å². The number of rotatable bonds is 10. The number of anilines is 2. The third kappa shape index (κ3) is 5.26. The first kappa shape index (κ1) is 27.6. The van der Waals surface area contributed by atoms with Gasteiger partial charge < -0.3 is 14.2 Å². The number of benzene rings is 3. The molecule has 1 saturated heterocycles. The van der Waals surface area contributed by atoms with E-state index in [1.54, 1.807) is 4.90 Å². The number of amides is 2. The van der Waals surface area contributed by atoms with Crippen LogP contribution in [0, 0.1) is 6.92 Å². The molecular formula is C33H38N4O3. The van der Waals surface area contributed by atoms with Crippen LogP contribution in [0.2, 0.25) is 0 Å². The van der Waals surface area contributed by atoms with Crippen LogP contribution in [-0.2, 0) is 33.7 Å². The number of hydrogen-bond donors (Lipinski definition) is 0. The van der Waals surface area contributed by atoms with Crippen molar-refractivity contribution < 1.29 is 14.3 Å². The lowest BCUT2D eigenvalue weighted by Gasteiger charge is -2.27. The van der Waals surface area contributed by atoms with Crippen LogP contribution in [0.15, 0.2) is 66.7 Å². The highest BCUT2D eigenvalue weighted by Gasteiger charge is 2.36. The van der Waals surface area contributed by atoms with E-state index < -0.39 is 0 Å². The van der Waals surface area contributed by atoms with Gasteiger partial charge in [0.05, 0.1) is 16.7 Å². The molecule has 1 aliphatic rings. The minimum Gasteiger partial charge on any atom is -0.361 e. The van der Waals surface area contributed by atoms with Crippen molar-refractivity contribution in [1.82, 2.24) is 9.55 Å². The van der Waals surface area contributed by atoms with E-state index in [1.807, 2.05) is 77.9 Å². The Hall–Kier alpha value is -3.97. The van der Waals surface area contributed by atoms with E-state index in [-0.39, 0.29) is 31.0 Å². The fourth-order valence-corrected chi connectivity index (χ4v) is 5.81. The summed E-state index contributed by atoms with van der Waals surface area (Å²) in [5.74, 6) is 0.666. The summed E-state index contributed by atoms with van der Waals surface area (Å²) < 4.78 is 7.80. The largest absolute Gasteiger partial charge is 0.361 e. The number of hydrogen-bond acceptors (Lipinski definition) is 4. The molecule has 0 bridgehead atoms. The Kier molecular flexibility index (Phi) is 8.31. The molecule has 1 aromatic heterocycles. The second kappa shape index (κ2) is 12.0. The Morgan fingerprint density at radius 2 is 1.70 bits per heavy atom. The number of para-hydroxylation sites is 4. The van der Waals surface area contributed by atoms with Crippen molar-refractivity contribution in [3.05, 3.63) is 89.2 Å². The first-order valence-electron chi connectivity index (χ1n) is 14.3. The Morgan fingerprint density at radius 3 is 2.48 bits per heavy atom. The average molecular weight is 539 g/mol. The highest BCUT2D eigenvalue weighted by molar-refractivity contribution is 5.98. The number of nitrogens with zero attached hydrogens (tertiary/aromatic N) is 4. The number of fused-ring (bicyclic) bond motifs is 1. The zero-order chi connectivity index (χ0) is 28.2. The molecule has 7 nitrogen and oxygen atoms in total. The van der Waals surface area contributed by atoms with Gasteiger partial charge in [0.25, 0.3) is 0 Å². The molecule has 0 aliphatic carbocycles. The number of aryl methyl sites for hydroxylation is 3. The van der Waals surface area contributed by atoms with Gasteiger partial charge in [-0.2, -0.15) is 0 Å². The standard InChI is InChI=1S/C33H38N4O3/c1-5-24-14-8-10-17-28(24)35-20-26(19-30(35)38)33-34-27-16-9-11-18-29(27)36(33)21-31(39)37(22-40-7-3)32-23(4)13-12-15-25(32)6-2/h8-18,26H,5-7,19-22H2,1-4H3. The normalized spacial score (nSPS) is 15.2. The van der Waals surface area contributed by atoms with Gasteiger partial charge in [-0.05, 0) is 61.6 Å². The summed E-state index contributed by atoms with van der Waals surface area (Å²) in [5.41, 5.74) is 6.88. The molecule has 1 fully saturated rings. The zero-order valence-electron chi connectivity index (χ0n) is 23.9. The van der Waals surface area contributed by atoms with E-state index in [1.165, 1.54) is 0 Å². The van der Waals surface area contributed by atoms with Crippen LogP contribution >= 0.6 is 0 Å². The summed E-state index contributed by atoms with van der Waals surface area (Å²) in [5, 5.41) is 0. The summed E-state index contributed by atoms with van der Waals surface area (Å²) in [6.45, 7) is 9.50. The predicted octanol–water partition coefficient (Wildman–Crippen LogP) is 6.02. The fraction of sp³-hybridized carbons (Fsp3) is 0.364. The second-order valence-corrected chi connectivity index (χ2v) is 10.3. The third-order valence-corrected chi connectivity index (χ3v) is 7.83. The first-order chi connectivity index (χ1) is 19.5. The Balaban J connectivity index is 1.51. The smallest absolute Gasteiger partial charge is 0.248 e. The van der Waals surface area contributed by atoms with Crippen molar-refractivity contribution >= 4 is 34.2 Å². The average Bonchev–Trinajstić information content (AvgIpc) is 3.54. The summed E-state index contributed by atoms with van der Waals surface area (Å²) in [4.78, 5) is 36.0. The van der Waals surface area contributed by atoms with Crippen molar-refractivity contribution in [3.63, 3.8) is 0 Å². The summed E-state index contributed by atoms with van der Waals surface area (Å²) >= 11 is 0. The SMILES string of the molecule is CCOCN(C(=O)Cn1c(C2CC(=O)N(c3ccccc3CC)C2)nc2ccccc21)c1c(C)cccc1CC. The van der Waals surface area contributed by atoms with Gasteiger partial charge in [0, 0.05) is 31.2 Å². The maximum atomic E-state index is 14.1. The van der Waals surface area contributed by atoms with Crippen LogP contribution in [0.1, 0.15) is 55.6 Å². The molecule has 1 unspecified atom stereocenters. The molecule has 208 valence electrons. The van der Waals surface area contributed by atoms with Crippen molar-refractivity contribution in [3.8, 4) is 0 Å². The van der Waals surface area contributed by atoms with Crippen LogP contribution in [0.5, 0.6) is 0 Å². The number of ether oxygens (including phenoxy) is 1. The number of imidazole rings is 1. The van der Waals surface area contributed by atoms with E-state index in [2.05, 4.69) is 26.0 Å². The van der Waals surface area contributed by atoms with Gasteiger partial charge in [0.15, 0.2) is 0 Å². The minimum atomic E-state index is -0.123. The lowest BCUT2D eigenvalue weighted by atomic mass is 10.0. The van der Waals surface area contributed by atoms with Gasteiger partial charge in [0.1, 0.15) is 19.1 Å². The maximum absolute atomic E-state index is 14.1. The monoisotopic (exact) mass is 538 g/mol. The molecule has 0 spiro atoms. The highest BCUT2D eigenvalue weighted by atomic mass is 16.5. The van der Waals surface area contributed by atoms with Crippen molar-refractivity contribution in [2.45, 2.75) is 59.4 Å². The van der Waals surface area contributed by atoms with Gasteiger partial charge >= 0.3 is 0 Å². The molecule has 2 amide bonds. The Bertz CT molecular complexity index is 1530. The zero-order valence-corrected chi connectivity index (χ0v) is 23.9. The fourth-order valence-electron chi connectivity index (χ4n) is 5.81. The van der Waals surface area contributed by atoms with Crippen LogP contribution < -0.4 is 9.80 Å². The van der Waals surface area contributed by atoms with Crippen LogP contribution in [0.4, 0.5) is 11.4 Å². The molecule has 0 N–H and O–H groups in total. The molecular weight excluding hydrogens is 500 g/mol. The number of carbonyl (C=O) groups excluding carboxylic acids is 2. The molecule has 1 aliphatic heterocycles. The molecule has 5 rings (SSSR count). The predicted molar refractivity (Wildman–Crippen MR) is 160 cm³/mol. The molecule has 1 atom stereocenters. The lowest BCUT2D eigenvalue weighted by Crippen LogP contribution is -2.37. The van der Waals surface area contributed by atoms with Gasteiger partial charge in [-0.1, -0.05) is 62.4 Å². The van der Waals surface area contributed by atoms with Crippen molar-refractivity contribution in [1.29, 1.82) is 0 Å². The Labute approximate surface area is 236 Å². The topological polar surface area (TPSA) is 67.7 Å². The molecule has 4 aromatic rings. The van der Waals surface area contributed by atoms with Gasteiger partial charge in [-0.3, -0.25) is 14.5 Å². The van der Waals surface area contributed by atoms with E-state index in [0.29, 0.717) is 19.6 Å². The third-order valence-electron chi connectivity index (χ3n) is 7.83. The quantitative estimate of drug-likeness (QED) is 0.232. The molecule has 7 heteroatoms.